The number of nitrogens with zero attached hydrogens (tertiary/aromatic N) is 6. The molecule has 3 aliphatic rings. The number of alkyl halides is 2. The summed E-state index contributed by atoms with van der Waals surface area (Å²) in [5, 5.41) is 12.7. The van der Waals surface area contributed by atoms with Gasteiger partial charge < -0.3 is 19.4 Å². The van der Waals surface area contributed by atoms with Crippen LogP contribution in [0.2, 0.25) is 0 Å². The van der Waals surface area contributed by atoms with E-state index in [1.165, 1.54) is 0 Å². The van der Waals surface area contributed by atoms with Crippen LogP contribution in [-0.4, -0.2) is 44.0 Å². The van der Waals surface area contributed by atoms with Crippen LogP contribution in [0.4, 0.5) is 14.5 Å². The molecule has 3 heterocycles. The molecule has 0 bridgehead atoms. The van der Waals surface area contributed by atoms with Gasteiger partial charge in [-0.2, -0.15) is 5.26 Å². The van der Waals surface area contributed by atoms with Gasteiger partial charge in [0.25, 0.3) is 11.8 Å². The maximum absolute atomic E-state index is 13.5. The molecule has 2 aliphatic carbocycles. The molecular formula is C24H23F2N7O. The summed E-state index contributed by atoms with van der Waals surface area (Å²) in [4.78, 5) is 23.3. The lowest BCUT2D eigenvalue weighted by Gasteiger charge is -2.22. The Morgan fingerprint density at radius 1 is 1.26 bits per heavy atom. The number of amides is 1. The molecule has 1 saturated carbocycles. The Balaban J connectivity index is 1.13. The number of rotatable bonds is 5. The van der Waals surface area contributed by atoms with Crippen LogP contribution in [0.15, 0.2) is 37.1 Å². The number of anilines is 1. The summed E-state index contributed by atoms with van der Waals surface area (Å²) in [5.74, 6) is -3.93. The summed E-state index contributed by atoms with van der Waals surface area (Å²) in [6.07, 6.45) is 6.68. The van der Waals surface area contributed by atoms with Crippen molar-refractivity contribution in [3.63, 3.8) is 0 Å². The number of nitriles is 1. The van der Waals surface area contributed by atoms with E-state index in [2.05, 4.69) is 21.4 Å². The molecule has 1 aromatic carbocycles. The molecule has 10 heteroatoms. The number of piperidine rings is 1. The molecule has 3 atom stereocenters. The average Bonchev–Trinajstić information content (AvgIpc) is 3.46. The fraction of sp³-hybridized carbons (Fsp3) is 0.417. The number of fused-ring (bicyclic) bond motifs is 2. The minimum Gasteiger partial charge on any atom is -0.370 e. The molecule has 8 nitrogen and oxygen atoms in total. The van der Waals surface area contributed by atoms with E-state index < -0.39 is 17.8 Å². The van der Waals surface area contributed by atoms with E-state index in [9.17, 15) is 18.8 Å². The Morgan fingerprint density at radius 3 is 2.82 bits per heavy atom. The van der Waals surface area contributed by atoms with Crippen molar-refractivity contribution >= 4 is 11.6 Å². The molecule has 2 unspecified atom stereocenters. The van der Waals surface area contributed by atoms with Gasteiger partial charge in [-0.3, -0.25) is 4.79 Å². The Kier molecular flexibility index (Phi) is 4.52. The molecule has 2 aromatic heterocycles. The first kappa shape index (κ1) is 20.8. The van der Waals surface area contributed by atoms with Crippen molar-refractivity contribution in [2.24, 2.45) is 18.9 Å². The number of carbonyl (C=O) groups excluding carboxylic acids is 1. The number of hydrogen-bond donors (Lipinski definition) is 1. The molecular weight excluding hydrogens is 440 g/mol. The van der Waals surface area contributed by atoms with Crippen molar-refractivity contribution in [3.05, 3.63) is 65.3 Å². The number of aryl methyl sites for hydroxylation is 1. The highest BCUT2D eigenvalue weighted by Crippen LogP contribution is 2.59. The van der Waals surface area contributed by atoms with Crippen LogP contribution in [-0.2, 0) is 20.0 Å². The molecule has 1 N–H and O–H groups in total. The summed E-state index contributed by atoms with van der Waals surface area (Å²) in [6, 6.07) is 7.56. The standard InChI is InChI=1S/C24H23F2N7O/c1-31-12-29-22-19(4-5-21(22)31)30-23(34)20-11-32(13-28-20)8-14-2-3-16(6-15(14)7-27)33-9-17-18(10-33)24(17,25)26/h2-3,6,11-13,17-19H,4-5,8-10H2,1H3,(H,30,34)/t17?,18?,19-/m1/s1. The molecule has 174 valence electrons. The van der Waals surface area contributed by atoms with Crippen LogP contribution >= 0.6 is 0 Å². The number of hydrogen-bond acceptors (Lipinski definition) is 5. The van der Waals surface area contributed by atoms with Crippen LogP contribution in [0.5, 0.6) is 0 Å². The molecule has 0 spiro atoms. The summed E-state index contributed by atoms with van der Waals surface area (Å²) in [5.41, 5.74) is 4.41. The quantitative estimate of drug-likeness (QED) is 0.628. The lowest BCUT2D eigenvalue weighted by Crippen LogP contribution is -2.27. The van der Waals surface area contributed by atoms with Crippen LogP contribution in [0.25, 0.3) is 0 Å². The highest BCUT2D eigenvalue weighted by Gasteiger charge is 2.71. The molecule has 1 amide bonds. The first-order valence-corrected chi connectivity index (χ1v) is 11.3. The van der Waals surface area contributed by atoms with Gasteiger partial charge in [-0.05, 0) is 30.5 Å². The highest BCUT2D eigenvalue weighted by molar-refractivity contribution is 5.92. The van der Waals surface area contributed by atoms with E-state index in [1.54, 1.807) is 29.5 Å². The number of aromatic nitrogens is 4. The van der Waals surface area contributed by atoms with Gasteiger partial charge in [0.05, 0.1) is 47.9 Å². The summed E-state index contributed by atoms with van der Waals surface area (Å²) in [7, 11) is 1.95. The predicted molar refractivity (Wildman–Crippen MR) is 118 cm³/mol. The van der Waals surface area contributed by atoms with E-state index in [-0.39, 0.29) is 11.9 Å². The van der Waals surface area contributed by atoms with E-state index in [0.717, 1.165) is 35.5 Å². The molecule has 34 heavy (non-hydrogen) atoms. The first-order chi connectivity index (χ1) is 16.3. The molecule has 0 radical (unpaired) electrons. The van der Waals surface area contributed by atoms with Gasteiger partial charge >= 0.3 is 0 Å². The second-order valence-corrected chi connectivity index (χ2v) is 9.43. The van der Waals surface area contributed by atoms with Crippen molar-refractivity contribution < 1.29 is 13.6 Å². The number of nitrogens with one attached hydrogen (secondary N) is 1. The van der Waals surface area contributed by atoms with E-state index in [4.69, 9.17) is 0 Å². The smallest absolute Gasteiger partial charge is 0.272 e. The molecule has 3 aromatic rings. The number of halogens is 2. The summed E-state index contributed by atoms with van der Waals surface area (Å²) >= 11 is 0. The second-order valence-electron chi connectivity index (χ2n) is 9.43. The Hall–Kier alpha value is -3.74. The zero-order valence-electron chi connectivity index (χ0n) is 18.6. The highest BCUT2D eigenvalue weighted by atomic mass is 19.3. The van der Waals surface area contributed by atoms with Gasteiger partial charge in [-0.15, -0.1) is 0 Å². The fourth-order valence-electron chi connectivity index (χ4n) is 5.34. The SMILES string of the molecule is Cn1cnc2c1CC[C@H]2NC(=O)c1cn(Cc2ccc(N3CC4C(C3)C4(F)F)cc2C#N)cn1. The van der Waals surface area contributed by atoms with Crippen LogP contribution in [0, 0.1) is 23.2 Å². The van der Waals surface area contributed by atoms with E-state index in [1.807, 2.05) is 28.6 Å². The van der Waals surface area contributed by atoms with Crippen molar-refractivity contribution in [1.29, 1.82) is 5.26 Å². The molecule has 2 fully saturated rings. The maximum atomic E-state index is 13.5. The Morgan fingerprint density at radius 2 is 2.06 bits per heavy atom. The van der Waals surface area contributed by atoms with Crippen LogP contribution in [0.3, 0.4) is 0 Å². The lowest BCUT2D eigenvalue weighted by atomic mass is 10.1. The molecule has 1 aliphatic heterocycles. The van der Waals surface area contributed by atoms with Crippen molar-refractivity contribution in [2.45, 2.75) is 31.4 Å². The normalized spacial score (nSPS) is 23.9. The lowest BCUT2D eigenvalue weighted by molar-refractivity contribution is 0.0797. The van der Waals surface area contributed by atoms with Crippen LogP contribution < -0.4 is 10.2 Å². The number of carbonyl (C=O) groups is 1. The van der Waals surface area contributed by atoms with Crippen molar-refractivity contribution in [1.82, 2.24) is 24.4 Å². The predicted octanol–water partition coefficient (Wildman–Crippen LogP) is 2.66. The van der Waals surface area contributed by atoms with E-state index in [0.29, 0.717) is 30.9 Å². The van der Waals surface area contributed by atoms with Gasteiger partial charge in [0.15, 0.2) is 0 Å². The largest absolute Gasteiger partial charge is 0.370 e. The third-order valence-electron chi connectivity index (χ3n) is 7.39. The van der Waals surface area contributed by atoms with Crippen molar-refractivity contribution in [2.75, 3.05) is 18.0 Å². The van der Waals surface area contributed by atoms with E-state index >= 15 is 0 Å². The average molecular weight is 463 g/mol. The molecule has 6 rings (SSSR count). The van der Waals surface area contributed by atoms with Gasteiger partial charge in [0, 0.05) is 44.3 Å². The van der Waals surface area contributed by atoms with Crippen molar-refractivity contribution in [3.8, 4) is 6.07 Å². The van der Waals surface area contributed by atoms with Gasteiger partial charge in [-0.25, -0.2) is 18.7 Å². The fourth-order valence-corrected chi connectivity index (χ4v) is 5.34. The van der Waals surface area contributed by atoms with Gasteiger partial charge in [-0.1, -0.05) is 6.07 Å². The minimum absolute atomic E-state index is 0.122. The van der Waals surface area contributed by atoms with Gasteiger partial charge in [0.2, 0.25) is 0 Å². The third kappa shape index (κ3) is 3.26. The third-order valence-corrected chi connectivity index (χ3v) is 7.39. The monoisotopic (exact) mass is 463 g/mol. The Bertz CT molecular complexity index is 1320. The first-order valence-electron chi connectivity index (χ1n) is 11.3. The Labute approximate surface area is 194 Å². The maximum Gasteiger partial charge on any atom is 0.272 e. The second kappa shape index (κ2) is 7.38. The summed E-state index contributed by atoms with van der Waals surface area (Å²) in [6.45, 7) is 1.02. The minimum atomic E-state index is -2.53. The summed E-state index contributed by atoms with van der Waals surface area (Å²) < 4.78 is 30.7. The topological polar surface area (TPSA) is 91.8 Å². The van der Waals surface area contributed by atoms with Crippen LogP contribution in [0.1, 0.15) is 45.5 Å². The molecule has 1 saturated heterocycles. The number of imidazole rings is 2. The number of benzene rings is 1. The van der Waals surface area contributed by atoms with Gasteiger partial charge in [0.1, 0.15) is 5.69 Å². The zero-order chi connectivity index (χ0) is 23.6. The zero-order valence-corrected chi connectivity index (χ0v) is 18.6.